The summed E-state index contributed by atoms with van der Waals surface area (Å²) in [5.74, 6) is -1.61. The van der Waals surface area contributed by atoms with E-state index in [2.05, 4.69) is 24.1 Å². The molecule has 1 N–H and O–H groups in total. The number of hydrogen-bond acceptors (Lipinski definition) is 2. The number of halogens is 2. The second kappa shape index (κ2) is 5.76. The summed E-state index contributed by atoms with van der Waals surface area (Å²) in [6.45, 7) is 6.91. The summed E-state index contributed by atoms with van der Waals surface area (Å²) >= 11 is 0. The number of nitrogens with one attached hydrogen (secondary N) is 1. The third kappa shape index (κ3) is 3.06. The molecule has 1 aromatic rings. The van der Waals surface area contributed by atoms with Crippen LogP contribution in [0.25, 0.3) is 0 Å². The van der Waals surface area contributed by atoms with Gasteiger partial charge < -0.3 is 10.2 Å². The quantitative estimate of drug-likeness (QED) is 0.871. The van der Waals surface area contributed by atoms with Crippen molar-refractivity contribution in [3.63, 3.8) is 0 Å². The molecule has 1 rings (SSSR count). The van der Waals surface area contributed by atoms with Crippen molar-refractivity contribution in [1.82, 2.24) is 10.2 Å². The molecule has 1 atom stereocenters. The summed E-state index contributed by atoms with van der Waals surface area (Å²) in [7, 11) is 3.95. The minimum atomic E-state index is -0.809. The van der Waals surface area contributed by atoms with Crippen molar-refractivity contribution in [1.29, 1.82) is 0 Å². The standard InChI is InChI=1S/C14H22F2N2/c1-6-17-13(14(2,3)18(4)5)10-7-8-11(15)12(16)9-10/h7-9,13,17H,6H2,1-5H3. The van der Waals surface area contributed by atoms with Crippen LogP contribution in [0.2, 0.25) is 0 Å². The Morgan fingerprint density at radius 2 is 1.83 bits per heavy atom. The van der Waals surface area contributed by atoms with E-state index in [4.69, 9.17) is 0 Å². The van der Waals surface area contributed by atoms with Gasteiger partial charge in [-0.25, -0.2) is 8.78 Å². The molecule has 18 heavy (non-hydrogen) atoms. The van der Waals surface area contributed by atoms with Crippen molar-refractivity contribution in [2.75, 3.05) is 20.6 Å². The van der Waals surface area contributed by atoms with Crippen LogP contribution in [-0.4, -0.2) is 31.1 Å². The largest absolute Gasteiger partial charge is 0.309 e. The molecule has 0 saturated heterocycles. The topological polar surface area (TPSA) is 15.3 Å². The first-order chi connectivity index (χ1) is 8.30. The highest BCUT2D eigenvalue weighted by atomic mass is 19.2. The first kappa shape index (κ1) is 15.1. The van der Waals surface area contributed by atoms with Crippen LogP contribution in [-0.2, 0) is 0 Å². The molecule has 1 unspecified atom stereocenters. The maximum absolute atomic E-state index is 13.4. The normalized spacial score (nSPS) is 14.0. The van der Waals surface area contributed by atoms with Crippen LogP contribution in [0.15, 0.2) is 18.2 Å². The van der Waals surface area contributed by atoms with Crippen molar-refractivity contribution in [3.8, 4) is 0 Å². The van der Waals surface area contributed by atoms with Gasteiger partial charge in [-0.15, -0.1) is 0 Å². The van der Waals surface area contributed by atoms with Gasteiger partial charge in [0.25, 0.3) is 0 Å². The lowest BCUT2D eigenvalue weighted by Gasteiger charge is -2.41. The zero-order valence-corrected chi connectivity index (χ0v) is 11.7. The molecule has 0 spiro atoms. The maximum Gasteiger partial charge on any atom is 0.159 e. The van der Waals surface area contributed by atoms with Crippen LogP contribution < -0.4 is 5.32 Å². The average Bonchev–Trinajstić information content (AvgIpc) is 2.29. The monoisotopic (exact) mass is 256 g/mol. The van der Waals surface area contributed by atoms with E-state index in [1.54, 1.807) is 6.07 Å². The number of hydrogen-bond donors (Lipinski definition) is 1. The van der Waals surface area contributed by atoms with E-state index >= 15 is 0 Å². The highest BCUT2D eigenvalue weighted by Crippen LogP contribution is 2.30. The van der Waals surface area contributed by atoms with Gasteiger partial charge in [0, 0.05) is 5.54 Å². The lowest BCUT2D eigenvalue weighted by atomic mass is 9.87. The molecule has 0 amide bonds. The third-order valence-corrected chi connectivity index (χ3v) is 3.54. The SMILES string of the molecule is CCNC(c1ccc(F)c(F)c1)C(C)(C)N(C)C. The van der Waals surface area contributed by atoms with Crippen molar-refractivity contribution in [2.24, 2.45) is 0 Å². The fourth-order valence-corrected chi connectivity index (χ4v) is 1.93. The molecule has 0 aliphatic rings. The maximum atomic E-state index is 13.4. The van der Waals surface area contributed by atoms with Crippen molar-refractivity contribution < 1.29 is 8.78 Å². The molecule has 0 aliphatic heterocycles. The van der Waals surface area contributed by atoms with Crippen LogP contribution in [0.1, 0.15) is 32.4 Å². The van der Waals surface area contributed by atoms with Gasteiger partial charge in [-0.3, -0.25) is 0 Å². The molecule has 0 radical (unpaired) electrons. The van der Waals surface area contributed by atoms with E-state index in [0.29, 0.717) is 0 Å². The molecule has 0 aliphatic carbocycles. The number of likely N-dealkylation sites (N-methyl/N-ethyl adjacent to an activating group) is 2. The van der Waals surface area contributed by atoms with E-state index in [1.165, 1.54) is 12.1 Å². The highest BCUT2D eigenvalue weighted by Gasteiger charge is 2.32. The van der Waals surface area contributed by atoms with Gasteiger partial charge in [0.15, 0.2) is 11.6 Å². The second-order valence-electron chi connectivity index (χ2n) is 5.21. The van der Waals surface area contributed by atoms with Crippen LogP contribution in [0.5, 0.6) is 0 Å². The van der Waals surface area contributed by atoms with Crippen molar-refractivity contribution in [3.05, 3.63) is 35.4 Å². The Morgan fingerprint density at radius 1 is 1.22 bits per heavy atom. The number of benzene rings is 1. The smallest absolute Gasteiger partial charge is 0.159 e. The molecule has 0 aromatic heterocycles. The predicted octanol–water partition coefficient (Wildman–Crippen LogP) is 2.96. The summed E-state index contributed by atoms with van der Waals surface area (Å²) in [6, 6.07) is 4.03. The molecule has 2 nitrogen and oxygen atoms in total. The molecule has 1 aromatic carbocycles. The minimum Gasteiger partial charge on any atom is -0.309 e. The zero-order chi connectivity index (χ0) is 13.9. The molecule has 0 heterocycles. The summed E-state index contributed by atoms with van der Waals surface area (Å²) in [5, 5.41) is 3.34. The van der Waals surface area contributed by atoms with Crippen molar-refractivity contribution in [2.45, 2.75) is 32.4 Å². The van der Waals surface area contributed by atoms with Crippen LogP contribution in [0, 0.1) is 11.6 Å². The molecule has 0 bridgehead atoms. The lowest BCUT2D eigenvalue weighted by molar-refractivity contribution is 0.139. The molecular formula is C14H22F2N2. The van der Waals surface area contributed by atoms with Gasteiger partial charge in [-0.05, 0) is 52.2 Å². The first-order valence-corrected chi connectivity index (χ1v) is 6.16. The average molecular weight is 256 g/mol. The lowest BCUT2D eigenvalue weighted by Crippen LogP contribution is -2.49. The van der Waals surface area contributed by atoms with Gasteiger partial charge in [-0.2, -0.15) is 0 Å². The first-order valence-electron chi connectivity index (χ1n) is 6.16. The molecule has 0 fully saturated rings. The fraction of sp³-hybridized carbons (Fsp3) is 0.571. The summed E-state index contributed by atoms with van der Waals surface area (Å²) in [5.41, 5.74) is 0.551. The minimum absolute atomic E-state index is 0.0624. The van der Waals surface area contributed by atoms with E-state index < -0.39 is 11.6 Å². The molecule has 0 saturated carbocycles. The Labute approximate surface area is 108 Å². The fourth-order valence-electron chi connectivity index (χ4n) is 1.93. The Hall–Kier alpha value is -1.00. The van der Waals surface area contributed by atoms with Gasteiger partial charge in [0.1, 0.15) is 0 Å². The second-order valence-corrected chi connectivity index (χ2v) is 5.21. The summed E-state index contributed by atoms with van der Waals surface area (Å²) in [4.78, 5) is 2.07. The van der Waals surface area contributed by atoms with E-state index in [1.807, 2.05) is 21.0 Å². The van der Waals surface area contributed by atoms with E-state index in [9.17, 15) is 8.78 Å². The van der Waals surface area contributed by atoms with E-state index in [0.717, 1.165) is 12.1 Å². The Bertz CT molecular complexity index is 403. The Balaban J connectivity index is 3.15. The van der Waals surface area contributed by atoms with Crippen LogP contribution >= 0.6 is 0 Å². The Morgan fingerprint density at radius 3 is 2.28 bits per heavy atom. The molecular weight excluding hydrogens is 234 g/mol. The van der Waals surface area contributed by atoms with Crippen LogP contribution in [0.4, 0.5) is 8.78 Å². The predicted molar refractivity (Wildman–Crippen MR) is 70.5 cm³/mol. The van der Waals surface area contributed by atoms with Gasteiger partial charge in [-0.1, -0.05) is 13.0 Å². The van der Waals surface area contributed by atoms with Gasteiger partial charge >= 0.3 is 0 Å². The highest BCUT2D eigenvalue weighted by molar-refractivity contribution is 5.24. The number of nitrogens with zero attached hydrogens (tertiary/aromatic N) is 1. The van der Waals surface area contributed by atoms with Gasteiger partial charge in [0.2, 0.25) is 0 Å². The van der Waals surface area contributed by atoms with Crippen LogP contribution in [0.3, 0.4) is 0 Å². The number of rotatable bonds is 5. The van der Waals surface area contributed by atoms with Gasteiger partial charge in [0.05, 0.1) is 6.04 Å². The Kier molecular flexibility index (Phi) is 4.82. The molecule has 102 valence electrons. The zero-order valence-electron chi connectivity index (χ0n) is 11.7. The van der Waals surface area contributed by atoms with Crippen molar-refractivity contribution >= 4 is 0 Å². The summed E-state index contributed by atoms with van der Waals surface area (Å²) < 4.78 is 26.3. The third-order valence-electron chi connectivity index (χ3n) is 3.54. The summed E-state index contributed by atoms with van der Waals surface area (Å²) in [6.07, 6.45) is 0. The molecule has 4 heteroatoms. The van der Waals surface area contributed by atoms with E-state index in [-0.39, 0.29) is 11.6 Å².